The van der Waals surface area contributed by atoms with Gasteiger partial charge in [-0.3, -0.25) is 4.79 Å². The molecule has 0 aliphatic heterocycles. The third-order valence-corrected chi connectivity index (χ3v) is 2.67. The van der Waals surface area contributed by atoms with Crippen LogP contribution in [0.4, 0.5) is 0 Å². The number of nitrogens with two attached hydrogens (primary N) is 1. The van der Waals surface area contributed by atoms with Crippen molar-refractivity contribution in [3.8, 4) is 0 Å². The lowest BCUT2D eigenvalue weighted by molar-refractivity contribution is -0.122. The largest absolute Gasteiger partial charge is 0.330 e. The maximum atomic E-state index is 11.7. The highest BCUT2D eigenvalue weighted by Gasteiger charge is 2.16. The van der Waals surface area contributed by atoms with Gasteiger partial charge in [0.2, 0.25) is 0 Å². The zero-order chi connectivity index (χ0) is 12.6. The normalized spacial score (nSPS) is 13.4. The summed E-state index contributed by atoms with van der Waals surface area (Å²) in [5.41, 5.74) is 5.48. The Morgan fingerprint density at radius 2 is 1.81 bits per heavy atom. The SMILES string of the molecule is CC(C)NC(CCCCN)CC(=O)C(C)C. The number of rotatable bonds is 9. The minimum absolute atomic E-state index is 0.144. The van der Waals surface area contributed by atoms with Crippen molar-refractivity contribution in [1.29, 1.82) is 0 Å². The van der Waals surface area contributed by atoms with Gasteiger partial charge in [-0.25, -0.2) is 0 Å². The van der Waals surface area contributed by atoms with Gasteiger partial charge in [0.15, 0.2) is 0 Å². The fraction of sp³-hybridized carbons (Fsp3) is 0.923. The molecule has 0 aromatic heterocycles. The quantitative estimate of drug-likeness (QED) is 0.594. The molecule has 0 amide bonds. The van der Waals surface area contributed by atoms with Crippen LogP contribution in [0, 0.1) is 5.92 Å². The number of hydrogen-bond donors (Lipinski definition) is 2. The van der Waals surface area contributed by atoms with Crippen LogP contribution in [0.1, 0.15) is 53.4 Å². The van der Waals surface area contributed by atoms with E-state index in [1.54, 1.807) is 0 Å². The monoisotopic (exact) mass is 228 g/mol. The van der Waals surface area contributed by atoms with Crippen LogP contribution in [-0.2, 0) is 4.79 Å². The van der Waals surface area contributed by atoms with Gasteiger partial charge in [-0.15, -0.1) is 0 Å². The van der Waals surface area contributed by atoms with E-state index in [4.69, 9.17) is 5.73 Å². The summed E-state index contributed by atoms with van der Waals surface area (Å²) in [6, 6.07) is 0.754. The van der Waals surface area contributed by atoms with E-state index in [0.29, 0.717) is 24.3 Å². The third kappa shape index (κ3) is 7.83. The predicted octanol–water partition coefficient (Wildman–Crippen LogP) is 2.10. The van der Waals surface area contributed by atoms with E-state index in [1.807, 2.05) is 13.8 Å². The zero-order valence-corrected chi connectivity index (χ0v) is 11.3. The van der Waals surface area contributed by atoms with Crippen LogP contribution in [0.25, 0.3) is 0 Å². The first-order chi connectivity index (χ1) is 7.47. The molecule has 0 aliphatic carbocycles. The van der Waals surface area contributed by atoms with Gasteiger partial charge in [-0.2, -0.15) is 0 Å². The van der Waals surface area contributed by atoms with Gasteiger partial charge >= 0.3 is 0 Å². The predicted molar refractivity (Wildman–Crippen MR) is 69.4 cm³/mol. The van der Waals surface area contributed by atoms with Crippen molar-refractivity contribution in [2.75, 3.05) is 6.54 Å². The molecule has 0 rings (SSSR count). The van der Waals surface area contributed by atoms with Crippen molar-refractivity contribution in [3.05, 3.63) is 0 Å². The third-order valence-electron chi connectivity index (χ3n) is 2.67. The van der Waals surface area contributed by atoms with E-state index < -0.39 is 0 Å². The molecule has 0 heterocycles. The van der Waals surface area contributed by atoms with Crippen LogP contribution in [0.3, 0.4) is 0 Å². The van der Waals surface area contributed by atoms with Gasteiger partial charge in [-0.05, 0) is 19.4 Å². The van der Waals surface area contributed by atoms with Crippen LogP contribution >= 0.6 is 0 Å². The topological polar surface area (TPSA) is 55.1 Å². The molecule has 0 saturated heterocycles. The molecular formula is C13H28N2O. The average molecular weight is 228 g/mol. The van der Waals surface area contributed by atoms with E-state index >= 15 is 0 Å². The van der Waals surface area contributed by atoms with Crippen molar-refractivity contribution >= 4 is 5.78 Å². The Morgan fingerprint density at radius 3 is 2.25 bits per heavy atom. The summed E-state index contributed by atoms with van der Waals surface area (Å²) in [7, 11) is 0. The minimum Gasteiger partial charge on any atom is -0.330 e. The smallest absolute Gasteiger partial charge is 0.136 e. The summed E-state index contributed by atoms with van der Waals surface area (Å²) in [6.45, 7) is 8.92. The van der Waals surface area contributed by atoms with Crippen LogP contribution in [0.2, 0.25) is 0 Å². The van der Waals surface area contributed by atoms with Crippen LogP contribution in [-0.4, -0.2) is 24.4 Å². The van der Waals surface area contributed by atoms with E-state index in [-0.39, 0.29) is 5.92 Å². The number of carbonyl (C=O) groups excluding carboxylic acids is 1. The molecule has 1 unspecified atom stereocenters. The Labute approximate surface area is 100 Å². The molecule has 96 valence electrons. The highest BCUT2D eigenvalue weighted by molar-refractivity contribution is 5.80. The molecular weight excluding hydrogens is 200 g/mol. The first-order valence-corrected chi connectivity index (χ1v) is 6.46. The fourth-order valence-corrected chi connectivity index (χ4v) is 1.73. The minimum atomic E-state index is 0.144. The summed E-state index contributed by atoms with van der Waals surface area (Å²) in [5.74, 6) is 0.497. The molecule has 0 aliphatic rings. The molecule has 3 heteroatoms. The number of nitrogens with one attached hydrogen (secondary N) is 1. The lowest BCUT2D eigenvalue weighted by Gasteiger charge is -2.21. The summed E-state index contributed by atoms with van der Waals surface area (Å²) >= 11 is 0. The maximum absolute atomic E-state index is 11.7. The molecule has 1 atom stereocenters. The lowest BCUT2D eigenvalue weighted by atomic mass is 9.97. The zero-order valence-electron chi connectivity index (χ0n) is 11.3. The molecule has 0 radical (unpaired) electrons. The molecule has 0 aromatic rings. The van der Waals surface area contributed by atoms with Gasteiger partial charge in [-0.1, -0.05) is 34.1 Å². The number of Topliss-reactive ketones (excluding diaryl/α,β-unsaturated/α-hetero) is 1. The van der Waals surface area contributed by atoms with E-state index in [1.165, 1.54) is 0 Å². The van der Waals surface area contributed by atoms with Crippen LogP contribution < -0.4 is 11.1 Å². The Morgan fingerprint density at radius 1 is 1.19 bits per heavy atom. The van der Waals surface area contributed by atoms with Crippen LogP contribution in [0.5, 0.6) is 0 Å². The highest BCUT2D eigenvalue weighted by atomic mass is 16.1. The summed E-state index contributed by atoms with van der Waals surface area (Å²) in [5, 5.41) is 3.46. The Hall–Kier alpha value is -0.410. The summed E-state index contributed by atoms with van der Waals surface area (Å²) < 4.78 is 0. The molecule has 0 aromatic carbocycles. The van der Waals surface area contributed by atoms with Gasteiger partial charge in [0.05, 0.1) is 0 Å². The van der Waals surface area contributed by atoms with Crippen molar-refractivity contribution in [1.82, 2.24) is 5.32 Å². The second kappa shape index (κ2) is 8.71. The Bertz CT molecular complexity index is 190. The van der Waals surface area contributed by atoms with E-state index in [0.717, 1.165) is 25.8 Å². The van der Waals surface area contributed by atoms with Gasteiger partial charge < -0.3 is 11.1 Å². The second-order valence-electron chi connectivity index (χ2n) is 5.13. The van der Waals surface area contributed by atoms with Gasteiger partial charge in [0.25, 0.3) is 0 Å². The molecule has 3 nitrogen and oxygen atoms in total. The van der Waals surface area contributed by atoms with Crippen molar-refractivity contribution in [2.24, 2.45) is 11.7 Å². The van der Waals surface area contributed by atoms with Crippen molar-refractivity contribution in [3.63, 3.8) is 0 Å². The number of hydrogen-bond acceptors (Lipinski definition) is 3. The number of unbranched alkanes of at least 4 members (excludes halogenated alkanes) is 1. The Kier molecular flexibility index (Phi) is 8.49. The molecule has 0 saturated carbocycles. The first-order valence-electron chi connectivity index (χ1n) is 6.46. The summed E-state index contributed by atoms with van der Waals surface area (Å²) in [4.78, 5) is 11.7. The lowest BCUT2D eigenvalue weighted by Crippen LogP contribution is -2.37. The molecule has 0 spiro atoms. The van der Waals surface area contributed by atoms with E-state index in [9.17, 15) is 4.79 Å². The standard InChI is InChI=1S/C13H28N2O/c1-10(2)13(16)9-12(15-11(3)4)7-5-6-8-14/h10-12,15H,5-9,14H2,1-4H3. The first kappa shape index (κ1) is 15.6. The maximum Gasteiger partial charge on any atom is 0.136 e. The van der Waals surface area contributed by atoms with Gasteiger partial charge in [0, 0.05) is 24.4 Å². The van der Waals surface area contributed by atoms with Gasteiger partial charge in [0.1, 0.15) is 5.78 Å². The van der Waals surface area contributed by atoms with Crippen molar-refractivity contribution in [2.45, 2.75) is 65.5 Å². The average Bonchev–Trinajstić information content (AvgIpc) is 2.16. The Balaban J connectivity index is 4.04. The van der Waals surface area contributed by atoms with Crippen molar-refractivity contribution < 1.29 is 4.79 Å². The fourth-order valence-electron chi connectivity index (χ4n) is 1.73. The molecule has 3 N–H and O–H groups in total. The summed E-state index contributed by atoms with van der Waals surface area (Å²) in [6.07, 6.45) is 3.85. The number of carbonyl (C=O) groups is 1. The van der Waals surface area contributed by atoms with Crippen LogP contribution in [0.15, 0.2) is 0 Å². The molecule has 16 heavy (non-hydrogen) atoms. The molecule has 0 bridgehead atoms. The number of ketones is 1. The highest BCUT2D eigenvalue weighted by Crippen LogP contribution is 2.09. The second-order valence-corrected chi connectivity index (χ2v) is 5.13. The molecule has 0 fully saturated rings. The van der Waals surface area contributed by atoms with E-state index in [2.05, 4.69) is 19.2 Å².